The molecule has 0 heterocycles. The predicted octanol–water partition coefficient (Wildman–Crippen LogP) is 3.51. The van der Waals surface area contributed by atoms with E-state index in [0.717, 1.165) is 11.1 Å². The standard InChI is InChI=1S/C15H17ClO3/c1-10(12-5-7-13(16)8-6-12)4-9-14(11(2)17)15(18)19-3/h4-8,14H,9H2,1-3H3/b10-4+/t14-/m0/s1. The number of halogens is 1. The minimum Gasteiger partial charge on any atom is -0.468 e. The molecule has 0 saturated carbocycles. The molecular weight excluding hydrogens is 264 g/mol. The number of methoxy groups -OCH3 is 1. The summed E-state index contributed by atoms with van der Waals surface area (Å²) in [6, 6.07) is 7.40. The van der Waals surface area contributed by atoms with Gasteiger partial charge in [0.25, 0.3) is 0 Å². The van der Waals surface area contributed by atoms with Gasteiger partial charge in [-0.25, -0.2) is 0 Å². The molecule has 0 fully saturated rings. The van der Waals surface area contributed by atoms with E-state index in [4.69, 9.17) is 11.6 Å². The molecule has 4 heteroatoms. The molecule has 0 spiro atoms. The van der Waals surface area contributed by atoms with Crippen LogP contribution in [0.25, 0.3) is 5.57 Å². The Hall–Kier alpha value is -1.61. The minimum atomic E-state index is -0.729. The van der Waals surface area contributed by atoms with Gasteiger partial charge >= 0.3 is 5.97 Å². The first kappa shape index (κ1) is 15.4. The molecule has 19 heavy (non-hydrogen) atoms. The van der Waals surface area contributed by atoms with Crippen LogP contribution in [0.15, 0.2) is 30.3 Å². The van der Waals surface area contributed by atoms with Crippen LogP contribution in [0.5, 0.6) is 0 Å². The fraction of sp³-hybridized carbons (Fsp3) is 0.333. The Kier molecular flexibility index (Phi) is 5.77. The van der Waals surface area contributed by atoms with Gasteiger partial charge in [0.15, 0.2) is 0 Å². The molecule has 1 rings (SSSR count). The molecule has 0 bridgehead atoms. The van der Waals surface area contributed by atoms with Crippen molar-refractivity contribution in [3.8, 4) is 0 Å². The molecule has 102 valence electrons. The van der Waals surface area contributed by atoms with Crippen molar-refractivity contribution in [2.24, 2.45) is 5.92 Å². The van der Waals surface area contributed by atoms with Gasteiger partial charge in [-0.05, 0) is 43.5 Å². The summed E-state index contributed by atoms with van der Waals surface area (Å²) in [6.07, 6.45) is 2.21. The van der Waals surface area contributed by atoms with E-state index in [2.05, 4.69) is 4.74 Å². The van der Waals surface area contributed by atoms with Crippen LogP contribution >= 0.6 is 11.6 Å². The average Bonchev–Trinajstić information content (AvgIpc) is 2.38. The van der Waals surface area contributed by atoms with Crippen LogP contribution in [-0.2, 0) is 14.3 Å². The lowest BCUT2D eigenvalue weighted by atomic mass is 9.98. The summed E-state index contributed by atoms with van der Waals surface area (Å²) in [4.78, 5) is 22.8. The normalized spacial score (nSPS) is 12.9. The Morgan fingerprint density at radius 3 is 2.32 bits per heavy atom. The number of ketones is 1. The zero-order valence-corrected chi connectivity index (χ0v) is 12.0. The second kappa shape index (κ2) is 7.10. The van der Waals surface area contributed by atoms with E-state index < -0.39 is 11.9 Å². The van der Waals surface area contributed by atoms with E-state index in [1.54, 1.807) is 12.1 Å². The summed E-state index contributed by atoms with van der Waals surface area (Å²) in [7, 11) is 1.29. The first-order valence-corrected chi connectivity index (χ1v) is 6.34. The Morgan fingerprint density at radius 1 is 1.26 bits per heavy atom. The van der Waals surface area contributed by atoms with Crippen LogP contribution in [-0.4, -0.2) is 18.9 Å². The van der Waals surface area contributed by atoms with Gasteiger partial charge in [-0.2, -0.15) is 0 Å². The van der Waals surface area contributed by atoms with E-state index in [-0.39, 0.29) is 5.78 Å². The van der Waals surface area contributed by atoms with Crippen molar-refractivity contribution >= 4 is 28.9 Å². The maximum atomic E-state index is 11.5. The molecule has 0 aliphatic carbocycles. The number of carbonyl (C=O) groups is 2. The van der Waals surface area contributed by atoms with Crippen LogP contribution in [0.3, 0.4) is 0 Å². The fourth-order valence-electron chi connectivity index (χ4n) is 1.70. The number of hydrogen-bond donors (Lipinski definition) is 0. The Morgan fingerprint density at radius 2 is 1.84 bits per heavy atom. The summed E-state index contributed by atoms with van der Waals surface area (Å²) >= 11 is 5.82. The molecule has 1 atom stereocenters. The molecule has 0 saturated heterocycles. The van der Waals surface area contributed by atoms with Gasteiger partial charge in [0.05, 0.1) is 7.11 Å². The molecule has 0 aromatic heterocycles. The molecule has 1 aromatic rings. The Labute approximate surface area is 118 Å². The number of hydrogen-bond acceptors (Lipinski definition) is 3. The fourth-order valence-corrected chi connectivity index (χ4v) is 1.82. The summed E-state index contributed by atoms with van der Waals surface area (Å²) < 4.78 is 4.62. The van der Waals surface area contributed by atoms with Gasteiger partial charge in [-0.3, -0.25) is 9.59 Å². The van der Waals surface area contributed by atoms with Gasteiger partial charge in [0.1, 0.15) is 11.7 Å². The first-order valence-electron chi connectivity index (χ1n) is 5.96. The summed E-state index contributed by atoms with van der Waals surface area (Å²) in [5.41, 5.74) is 2.00. The van der Waals surface area contributed by atoms with Crippen LogP contribution in [0, 0.1) is 5.92 Å². The smallest absolute Gasteiger partial charge is 0.316 e. The van der Waals surface area contributed by atoms with Crippen LogP contribution in [0.2, 0.25) is 5.02 Å². The van der Waals surface area contributed by atoms with E-state index in [1.807, 2.05) is 25.1 Å². The predicted molar refractivity (Wildman–Crippen MR) is 75.9 cm³/mol. The highest BCUT2D eigenvalue weighted by Crippen LogP contribution is 2.19. The number of esters is 1. The third kappa shape index (κ3) is 4.52. The third-order valence-corrected chi connectivity index (χ3v) is 3.19. The van der Waals surface area contributed by atoms with Crippen molar-refractivity contribution < 1.29 is 14.3 Å². The highest BCUT2D eigenvalue weighted by Gasteiger charge is 2.22. The van der Waals surface area contributed by atoms with Crippen molar-refractivity contribution in [3.05, 3.63) is 40.9 Å². The van der Waals surface area contributed by atoms with Gasteiger partial charge in [-0.1, -0.05) is 29.8 Å². The molecule has 0 radical (unpaired) electrons. The SMILES string of the molecule is COC(=O)[C@@H](C/C=C(\C)c1ccc(Cl)cc1)C(C)=O. The first-order chi connectivity index (χ1) is 8.95. The molecule has 1 aromatic carbocycles. The van der Waals surface area contributed by atoms with E-state index in [9.17, 15) is 9.59 Å². The van der Waals surface area contributed by atoms with Crippen LogP contribution < -0.4 is 0 Å². The van der Waals surface area contributed by atoms with Crippen LogP contribution in [0.1, 0.15) is 25.8 Å². The summed E-state index contributed by atoms with van der Waals surface area (Å²) in [5, 5.41) is 0.674. The van der Waals surface area contributed by atoms with Crippen LogP contribution in [0.4, 0.5) is 0 Å². The number of carbonyl (C=O) groups excluding carboxylic acids is 2. The molecule has 0 aliphatic heterocycles. The quantitative estimate of drug-likeness (QED) is 0.612. The Balaban J connectivity index is 2.81. The zero-order chi connectivity index (χ0) is 14.4. The largest absolute Gasteiger partial charge is 0.468 e. The number of ether oxygens (including phenoxy) is 1. The van der Waals surface area contributed by atoms with Crippen molar-refractivity contribution in [2.45, 2.75) is 20.3 Å². The maximum Gasteiger partial charge on any atom is 0.316 e. The summed E-state index contributed by atoms with van der Waals surface area (Å²) in [5.74, 6) is -1.41. The second-order valence-corrected chi connectivity index (χ2v) is 4.75. The number of allylic oxidation sites excluding steroid dienone is 2. The van der Waals surface area contributed by atoms with Gasteiger partial charge in [0.2, 0.25) is 0 Å². The lowest BCUT2D eigenvalue weighted by Gasteiger charge is -2.09. The minimum absolute atomic E-state index is 0.188. The molecule has 0 N–H and O–H groups in total. The molecule has 0 aliphatic rings. The monoisotopic (exact) mass is 280 g/mol. The number of benzene rings is 1. The lowest BCUT2D eigenvalue weighted by Crippen LogP contribution is -2.22. The van der Waals surface area contributed by atoms with Crippen molar-refractivity contribution in [3.63, 3.8) is 0 Å². The second-order valence-electron chi connectivity index (χ2n) is 4.32. The van der Waals surface area contributed by atoms with Crippen molar-refractivity contribution in [1.82, 2.24) is 0 Å². The molecule has 3 nitrogen and oxygen atoms in total. The maximum absolute atomic E-state index is 11.5. The topological polar surface area (TPSA) is 43.4 Å². The highest BCUT2D eigenvalue weighted by atomic mass is 35.5. The average molecular weight is 281 g/mol. The number of Topliss-reactive ketones (excluding diaryl/α,β-unsaturated/α-hetero) is 1. The van der Waals surface area contributed by atoms with Gasteiger partial charge < -0.3 is 4.74 Å². The van der Waals surface area contributed by atoms with Crippen molar-refractivity contribution in [2.75, 3.05) is 7.11 Å². The summed E-state index contributed by atoms with van der Waals surface area (Å²) in [6.45, 7) is 3.32. The van der Waals surface area contributed by atoms with Gasteiger partial charge in [-0.15, -0.1) is 0 Å². The molecule has 0 unspecified atom stereocenters. The molecular formula is C15H17ClO3. The van der Waals surface area contributed by atoms with E-state index in [0.29, 0.717) is 11.4 Å². The number of rotatable bonds is 5. The third-order valence-electron chi connectivity index (χ3n) is 2.94. The van der Waals surface area contributed by atoms with E-state index >= 15 is 0 Å². The van der Waals surface area contributed by atoms with E-state index in [1.165, 1.54) is 14.0 Å². The zero-order valence-electron chi connectivity index (χ0n) is 11.3. The Bertz CT molecular complexity index is 489. The lowest BCUT2D eigenvalue weighted by molar-refractivity contribution is -0.148. The molecule has 0 amide bonds. The highest BCUT2D eigenvalue weighted by molar-refractivity contribution is 6.30. The van der Waals surface area contributed by atoms with Gasteiger partial charge in [0, 0.05) is 5.02 Å². The van der Waals surface area contributed by atoms with Crippen molar-refractivity contribution in [1.29, 1.82) is 0 Å².